The highest BCUT2D eigenvalue weighted by Crippen LogP contribution is 2.36. The van der Waals surface area contributed by atoms with Crippen molar-refractivity contribution in [1.82, 2.24) is 9.55 Å². The number of fused-ring (bicyclic) bond motifs is 2. The molecule has 7 nitrogen and oxygen atoms in total. The first-order valence-electron chi connectivity index (χ1n) is 8.71. The Morgan fingerprint density at radius 1 is 1.15 bits per heavy atom. The van der Waals surface area contributed by atoms with E-state index < -0.39 is 6.04 Å². The van der Waals surface area contributed by atoms with E-state index in [4.69, 9.17) is 9.47 Å². The van der Waals surface area contributed by atoms with Gasteiger partial charge in [-0.2, -0.15) is 0 Å². The Labute approximate surface area is 155 Å². The van der Waals surface area contributed by atoms with Crippen LogP contribution >= 0.6 is 0 Å². The highest BCUT2D eigenvalue weighted by molar-refractivity contribution is 6.05. The molecule has 1 aromatic heterocycles. The number of carbonyl (C=O) groups is 2. The molecule has 7 heteroatoms. The van der Waals surface area contributed by atoms with Gasteiger partial charge < -0.3 is 19.4 Å². The lowest BCUT2D eigenvalue weighted by molar-refractivity contribution is -0.118. The number of anilines is 1. The van der Waals surface area contributed by atoms with Crippen molar-refractivity contribution in [3.63, 3.8) is 0 Å². The van der Waals surface area contributed by atoms with Crippen LogP contribution in [0.25, 0.3) is 11.0 Å². The maximum atomic E-state index is 12.9. The van der Waals surface area contributed by atoms with Gasteiger partial charge in [0, 0.05) is 11.6 Å². The summed E-state index contributed by atoms with van der Waals surface area (Å²) in [6.45, 7) is 4.10. The lowest BCUT2D eigenvalue weighted by Gasteiger charge is -2.21. The molecular weight excluding hydrogens is 346 g/mol. The quantitative estimate of drug-likeness (QED) is 0.718. The van der Waals surface area contributed by atoms with Gasteiger partial charge in [-0.25, -0.2) is 4.98 Å². The zero-order valence-electron chi connectivity index (χ0n) is 15.1. The van der Waals surface area contributed by atoms with Crippen molar-refractivity contribution in [2.45, 2.75) is 19.9 Å². The standard InChI is InChI=1S/C20H19N3O4/c1-12(23-11-21-15-5-3-4-6-17(15)23)20(25)22-16-10-19-18(26-7-8-27-19)9-14(16)13(2)24/h3-6,9-12H,7-8H2,1-2H3,(H,22,25). The highest BCUT2D eigenvalue weighted by atomic mass is 16.6. The molecule has 1 atom stereocenters. The Morgan fingerprint density at radius 2 is 1.85 bits per heavy atom. The Hall–Kier alpha value is -3.35. The summed E-state index contributed by atoms with van der Waals surface area (Å²) < 4.78 is 12.9. The molecule has 0 spiro atoms. The number of ether oxygens (including phenoxy) is 2. The van der Waals surface area contributed by atoms with E-state index in [9.17, 15) is 9.59 Å². The summed E-state index contributed by atoms with van der Waals surface area (Å²) in [5.41, 5.74) is 2.48. The fourth-order valence-corrected chi connectivity index (χ4v) is 3.13. The van der Waals surface area contributed by atoms with Crippen LogP contribution in [0.2, 0.25) is 0 Å². The van der Waals surface area contributed by atoms with Crippen molar-refractivity contribution in [3.8, 4) is 11.5 Å². The summed E-state index contributed by atoms with van der Waals surface area (Å²) in [5, 5.41) is 2.85. The number of Topliss-reactive ketones (excluding diaryl/α,β-unsaturated/α-hetero) is 1. The van der Waals surface area contributed by atoms with Crippen LogP contribution in [0, 0.1) is 0 Å². The Morgan fingerprint density at radius 3 is 2.59 bits per heavy atom. The molecule has 1 aliphatic heterocycles. The van der Waals surface area contributed by atoms with Crippen molar-refractivity contribution in [2.24, 2.45) is 0 Å². The minimum atomic E-state index is -0.509. The molecular formula is C20H19N3O4. The first-order chi connectivity index (χ1) is 13.0. The van der Waals surface area contributed by atoms with Gasteiger partial charge in [0.15, 0.2) is 17.3 Å². The van der Waals surface area contributed by atoms with Crippen LogP contribution in [0.3, 0.4) is 0 Å². The van der Waals surface area contributed by atoms with Gasteiger partial charge in [-0.05, 0) is 32.0 Å². The monoisotopic (exact) mass is 365 g/mol. The maximum absolute atomic E-state index is 12.9. The molecule has 0 bridgehead atoms. The maximum Gasteiger partial charge on any atom is 0.247 e. The van der Waals surface area contributed by atoms with Gasteiger partial charge in [-0.1, -0.05) is 12.1 Å². The van der Waals surface area contributed by atoms with Crippen molar-refractivity contribution in [3.05, 3.63) is 48.3 Å². The molecule has 1 amide bonds. The van der Waals surface area contributed by atoms with Crippen molar-refractivity contribution >= 4 is 28.4 Å². The number of benzene rings is 2. The minimum Gasteiger partial charge on any atom is -0.486 e. The highest BCUT2D eigenvalue weighted by Gasteiger charge is 2.22. The molecule has 1 aliphatic rings. The first-order valence-corrected chi connectivity index (χ1v) is 8.71. The average molecular weight is 365 g/mol. The van der Waals surface area contributed by atoms with Crippen molar-refractivity contribution in [1.29, 1.82) is 0 Å². The Bertz CT molecular complexity index is 1040. The summed E-state index contributed by atoms with van der Waals surface area (Å²) in [4.78, 5) is 29.2. The number of rotatable bonds is 4. The molecule has 2 aromatic carbocycles. The SMILES string of the molecule is CC(=O)c1cc2c(cc1NC(=O)C(C)n1cnc3ccccc31)OCCO2. The van der Waals surface area contributed by atoms with E-state index >= 15 is 0 Å². The number of carbonyl (C=O) groups excluding carboxylic acids is 2. The van der Waals surface area contributed by atoms with Crippen LogP contribution in [-0.2, 0) is 4.79 Å². The Kier molecular flexibility index (Phi) is 4.27. The second kappa shape index (κ2) is 6.75. The third-order valence-corrected chi connectivity index (χ3v) is 4.60. The molecule has 2 heterocycles. The topological polar surface area (TPSA) is 82.5 Å². The predicted octanol–water partition coefficient (Wildman–Crippen LogP) is 3.21. The van der Waals surface area contributed by atoms with Gasteiger partial charge in [-0.3, -0.25) is 9.59 Å². The molecule has 0 radical (unpaired) electrons. The molecule has 0 saturated carbocycles. The van der Waals surface area contributed by atoms with Crippen LogP contribution < -0.4 is 14.8 Å². The van der Waals surface area contributed by atoms with E-state index in [1.54, 1.807) is 30.0 Å². The second-order valence-corrected chi connectivity index (χ2v) is 6.40. The van der Waals surface area contributed by atoms with E-state index in [-0.39, 0.29) is 11.7 Å². The van der Waals surface area contributed by atoms with Crippen LogP contribution in [0.1, 0.15) is 30.2 Å². The third-order valence-electron chi connectivity index (χ3n) is 4.60. The summed E-state index contributed by atoms with van der Waals surface area (Å²) in [5.74, 6) is 0.612. The number of aromatic nitrogens is 2. The molecule has 0 saturated heterocycles. The minimum absolute atomic E-state index is 0.164. The summed E-state index contributed by atoms with van der Waals surface area (Å²) in [6.07, 6.45) is 1.64. The summed E-state index contributed by atoms with van der Waals surface area (Å²) in [7, 11) is 0. The molecule has 138 valence electrons. The van der Waals surface area contributed by atoms with Gasteiger partial charge in [-0.15, -0.1) is 0 Å². The number of imidazole rings is 1. The van der Waals surface area contributed by atoms with Crippen molar-refractivity contribution < 1.29 is 19.1 Å². The lowest BCUT2D eigenvalue weighted by Crippen LogP contribution is -2.24. The normalized spacial score (nSPS) is 14.0. The van der Waals surface area contributed by atoms with E-state index in [0.29, 0.717) is 36.0 Å². The van der Waals surface area contributed by atoms with Crippen LogP contribution in [0.5, 0.6) is 11.5 Å². The van der Waals surface area contributed by atoms with E-state index in [2.05, 4.69) is 10.3 Å². The van der Waals surface area contributed by atoms with Crippen LogP contribution in [0.4, 0.5) is 5.69 Å². The number of para-hydroxylation sites is 2. The van der Waals surface area contributed by atoms with E-state index in [1.165, 1.54) is 6.92 Å². The number of nitrogens with one attached hydrogen (secondary N) is 1. The van der Waals surface area contributed by atoms with E-state index in [0.717, 1.165) is 11.0 Å². The lowest BCUT2D eigenvalue weighted by atomic mass is 10.1. The number of nitrogens with zero attached hydrogens (tertiary/aromatic N) is 2. The average Bonchev–Trinajstić information content (AvgIpc) is 3.10. The number of hydrogen-bond acceptors (Lipinski definition) is 5. The molecule has 1 N–H and O–H groups in total. The van der Waals surface area contributed by atoms with Crippen molar-refractivity contribution in [2.75, 3.05) is 18.5 Å². The van der Waals surface area contributed by atoms with Gasteiger partial charge in [0.05, 0.1) is 23.0 Å². The molecule has 4 rings (SSSR count). The van der Waals surface area contributed by atoms with Gasteiger partial charge >= 0.3 is 0 Å². The number of amides is 1. The van der Waals surface area contributed by atoms with Crippen LogP contribution in [0.15, 0.2) is 42.7 Å². The smallest absolute Gasteiger partial charge is 0.247 e. The zero-order valence-corrected chi connectivity index (χ0v) is 15.1. The second-order valence-electron chi connectivity index (χ2n) is 6.40. The fourth-order valence-electron chi connectivity index (χ4n) is 3.13. The van der Waals surface area contributed by atoms with Crippen LogP contribution in [-0.4, -0.2) is 34.5 Å². The fraction of sp³-hybridized carbons (Fsp3) is 0.250. The van der Waals surface area contributed by atoms with Gasteiger partial charge in [0.1, 0.15) is 19.3 Å². The van der Waals surface area contributed by atoms with Gasteiger partial charge in [0.25, 0.3) is 0 Å². The number of ketones is 1. The summed E-state index contributed by atoms with van der Waals surface area (Å²) >= 11 is 0. The van der Waals surface area contributed by atoms with E-state index in [1.807, 2.05) is 24.3 Å². The zero-order chi connectivity index (χ0) is 19.0. The molecule has 3 aromatic rings. The number of hydrogen-bond donors (Lipinski definition) is 1. The Balaban J connectivity index is 1.65. The molecule has 0 aliphatic carbocycles. The molecule has 1 unspecified atom stereocenters. The summed E-state index contributed by atoms with van der Waals surface area (Å²) in [6, 6.07) is 10.4. The van der Waals surface area contributed by atoms with Gasteiger partial charge in [0.2, 0.25) is 5.91 Å². The predicted molar refractivity (Wildman–Crippen MR) is 101 cm³/mol. The third kappa shape index (κ3) is 3.12. The molecule has 27 heavy (non-hydrogen) atoms. The molecule has 0 fully saturated rings. The largest absolute Gasteiger partial charge is 0.486 e. The first kappa shape index (κ1) is 17.1.